The second-order valence-electron chi connectivity index (χ2n) is 12.4. The number of fused-ring (bicyclic) bond motifs is 3. The molecule has 4 aromatic carbocycles. The molecule has 0 atom stereocenters. The second kappa shape index (κ2) is 9.57. The molecule has 4 aromatic rings. The number of aryl methyl sites for hydroxylation is 2. The normalized spacial score (nSPS) is 12.7. The average molecular weight is 550 g/mol. The summed E-state index contributed by atoms with van der Waals surface area (Å²) >= 11 is 0. The maximum absolute atomic E-state index is 2.50. The molecule has 0 nitrogen and oxygen atoms in total. The molecule has 0 fully saturated rings. The summed E-state index contributed by atoms with van der Waals surface area (Å²) in [4.78, 5) is 0. The third-order valence-corrected chi connectivity index (χ3v) is 7.64. The molecule has 1 heteroatoms. The second-order valence-corrected chi connectivity index (χ2v) is 12.4. The summed E-state index contributed by atoms with van der Waals surface area (Å²) in [5.41, 5.74) is 16.9. The molecular formula is C35H38Zr. The summed E-state index contributed by atoms with van der Waals surface area (Å²) in [5, 5.41) is 0. The summed E-state index contributed by atoms with van der Waals surface area (Å²) in [6.45, 7) is 18.5. The molecule has 0 N–H and O–H groups in total. The Morgan fingerprint density at radius 1 is 0.472 bits per heavy atom. The third-order valence-electron chi connectivity index (χ3n) is 7.64. The van der Waals surface area contributed by atoms with Gasteiger partial charge in [0, 0.05) is 26.2 Å². The molecule has 0 aliphatic heterocycles. The minimum Gasteiger partial charge on any atom is -0.0620 e. The van der Waals surface area contributed by atoms with E-state index >= 15 is 0 Å². The average Bonchev–Trinajstić information content (AvgIpc) is 3.13. The SMILES string of the molecule is Cc1ccccc1-c1cc2c(cc1C(C)(C)C)-c1cc(C(C)(C)C)c(-c3ccccc3C)cc1C2.[Zr]. The van der Waals surface area contributed by atoms with Crippen molar-refractivity contribution in [3.63, 3.8) is 0 Å². The standard InChI is InChI=1S/C35H38.Zr/c1-22-13-9-11-15-26(22)30-18-24-17-25-19-31(27-16-12-10-14-23(27)2)33(35(6,7)8)21-29(25)28(24)20-32(30)34(3,4)5;/h9-16,18-21H,17H2,1-8H3;. The summed E-state index contributed by atoms with van der Waals surface area (Å²) in [6, 6.07) is 27.6. The van der Waals surface area contributed by atoms with Crippen molar-refractivity contribution in [1.82, 2.24) is 0 Å². The van der Waals surface area contributed by atoms with E-state index in [0.29, 0.717) is 0 Å². The topological polar surface area (TPSA) is 0 Å². The van der Waals surface area contributed by atoms with Gasteiger partial charge in [-0.3, -0.25) is 0 Å². The minimum absolute atomic E-state index is 0. The van der Waals surface area contributed by atoms with Crippen molar-refractivity contribution in [3.05, 3.63) is 106 Å². The van der Waals surface area contributed by atoms with Crippen LogP contribution in [0.25, 0.3) is 33.4 Å². The molecule has 0 heterocycles. The van der Waals surface area contributed by atoms with Gasteiger partial charge in [-0.2, -0.15) is 0 Å². The first-order valence-corrected chi connectivity index (χ1v) is 12.9. The molecule has 5 rings (SSSR count). The predicted molar refractivity (Wildman–Crippen MR) is 152 cm³/mol. The predicted octanol–water partition coefficient (Wildman–Crippen LogP) is 9.80. The van der Waals surface area contributed by atoms with Gasteiger partial charge < -0.3 is 0 Å². The van der Waals surface area contributed by atoms with E-state index in [0.717, 1.165) is 6.42 Å². The van der Waals surface area contributed by atoms with E-state index in [-0.39, 0.29) is 37.0 Å². The van der Waals surface area contributed by atoms with Crippen LogP contribution in [0.2, 0.25) is 0 Å². The van der Waals surface area contributed by atoms with Gasteiger partial charge in [-0.15, -0.1) is 0 Å². The maximum atomic E-state index is 2.50. The zero-order valence-corrected chi connectivity index (χ0v) is 25.6. The zero-order valence-electron chi connectivity index (χ0n) is 23.1. The Hall–Kier alpha value is -2.24. The van der Waals surface area contributed by atoms with Crippen LogP contribution in [0.3, 0.4) is 0 Å². The van der Waals surface area contributed by atoms with Gasteiger partial charge in [-0.25, -0.2) is 0 Å². The molecule has 0 radical (unpaired) electrons. The van der Waals surface area contributed by atoms with Crippen molar-refractivity contribution in [2.24, 2.45) is 0 Å². The molecule has 0 saturated heterocycles. The fourth-order valence-electron chi connectivity index (χ4n) is 5.73. The Labute approximate surface area is 237 Å². The summed E-state index contributed by atoms with van der Waals surface area (Å²) in [5.74, 6) is 0. The molecule has 0 unspecified atom stereocenters. The van der Waals surface area contributed by atoms with Crippen LogP contribution < -0.4 is 0 Å². The van der Waals surface area contributed by atoms with Crippen LogP contribution >= 0.6 is 0 Å². The Balaban J connectivity index is 0.00000304. The van der Waals surface area contributed by atoms with Crippen molar-refractivity contribution in [1.29, 1.82) is 0 Å². The molecule has 0 bridgehead atoms. The molecular weight excluding hydrogens is 512 g/mol. The van der Waals surface area contributed by atoms with Gasteiger partial charge in [0.1, 0.15) is 0 Å². The van der Waals surface area contributed by atoms with Gasteiger partial charge >= 0.3 is 0 Å². The van der Waals surface area contributed by atoms with E-state index < -0.39 is 0 Å². The smallest absolute Gasteiger partial charge is 0 e. The van der Waals surface area contributed by atoms with Crippen LogP contribution in [0, 0.1) is 13.8 Å². The molecule has 182 valence electrons. The van der Waals surface area contributed by atoms with E-state index in [4.69, 9.17) is 0 Å². The molecule has 36 heavy (non-hydrogen) atoms. The van der Waals surface area contributed by atoms with Crippen LogP contribution in [0.15, 0.2) is 72.8 Å². The molecule has 0 saturated carbocycles. The quantitative estimate of drug-likeness (QED) is 0.205. The first-order chi connectivity index (χ1) is 16.4. The molecule has 0 amide bonds. The van der Waals surface area contributed by atoms with Crippen molar-refractivity contribution in [2.45, 2.75) is 72.6 Å². The Morgan fingerprint density at radius 3 is 1.17 bits per heavy atom. The van der Waals surface area contributed by atoms with E-state index in [9.17, 15) is 0 Å². The Kier molecular flexibility index (Phi) is 7.13. The van der Waals surface area contributed by atoms with E-state index in [1.54, 1.807) is 0 Å². The van der Waals surface area contributed by atoms with Crippen LogP contribution in [0.5, 0.6) is 0 Å². The van der Waals surface area contributed by atoms with E-state index in [1.807, 2.05) is 0 Å². The molecule has 1 aliphatic rings. The number of rotatable bonds is 2. The van der Waals surface area contributed by atoms with Gasteiger partial charge in [0.15, 0.2) is 0 Å². The van der Waals surface area contributed by atoms with Crippen molar-refractivity contribution in [3.8, 4) is 33.4 Å². The largest absolute Gasteiger partial charge is 0.0620 e. The third kappa shape index (κ3) is 4.72. The van der Waals surface area contributed by atoms with Crippen molar-refractivity contribution < 1.29 is 26.2 Å². The fraction of sp³-hybridized carbons (Fsp3) is 0.314. The zero-order chi connectivity index (χ0) is 25.1. The van der Waals surface area contributed by atoms with E-state index in [1.165, 1.54) is 66.8 Å². The van der Waals surface area contributed by atoms with Crippen LogP contribution in [-0.4, -0.2) is 0 Å². The maximum Gasteiger partial charge on any atom is 0 e. The number of hydrogen-bond donors (Lipinski definition) is 0. The first kappa shape index (κ1) is 26.8. The Morgan fingerprint density at radius 2 is 0.833 bits per heavy atom. The van der Waals surface area contributed by atoms with Crippen molar-refractivity contribution in [2.75, 3.05) is 0 Å². The summed E-state index contributed by atoms with van der Waals surface area (Å²) in [6.07, 6.45) is 0.997. The first-order valence-electron chi connectivity index (χ1n) is 12.9. The van der Waals surface area contributed by atoms with Crippen molar-refractivity contribution >= 4 is 0 Å². The number of benzene rings is 4. The molecule has 0 aromatic heterocycles. The van der Waals surface area contributed by atoms with Crippen LogP contribution in [-0.2, 0) is 43.5 Å². The van der Waals surface area contributed by atoms with Gasteiger partial charge in [0.05, 0.1) is 0 Å². The number of hydrogen-bond acceptors (Lipinski definition) is 0. The summed E-state index contributed by atoms with van der Waals surface area (Å²) in [7, 11) is 0. The van der Waals surface area contributed by atoms with Gasteiger partial charge in [0.25, 0.3) is 0 Å². The van der Waals surface area contributed by atoms with Gasteiger partial charge in [-0.05, 0) is 122 Å². The monoisotopic (exact) mass is 548 g/mol. The summed E-state index contributed by atoms with van der Waals surface area (Å²) < 4.78 is 0. The van der Waals surface area contributed by atoms with Crippen LogP contribution in [0.4, 0.5) is 0 Å². The van der Waals surface area contributed by atoms with Gasteiger partial charge in [-0.1, -0.05) is 90.1 Å². The van der Waals surface area contributed by atoms with Crippen LogP contribution in [0.1, 0.15) is 74.9 Å². The fourth-order valence-corrected chi connectivity index (χ4v) is 5.73. The molecule has 0 spiro atoms. The van der Waals surface area contributed by atoms with E-state index in [2.05, 4.69) is 128 Å². The van der Waals surface area contributed by atoms with Gasteiger partial charge in [0.2, 0.25) is 0 Å². The Bertz CT molecular complexity index is 1330. The molecule has 1 aliphatic carbocycles. The minimum atomic E-state index is 0.